The molecule has 0 aromatic carbocycles. The summed E-state index contributed by atoms with van der Waals surface area (Å²) in [5, 5.41) is 36.8. The molecule has 1 aromatic heterocycles. The predicted octanol–water partition coefficient (Wildman–Crippen LogP) is 1.19. The normalized spacial score (nSPS) is 23.8. The molecule has 0 saturated heterocycles. The fraction of sp³-hybridized carbons (Fsp3) is 0.421. The molecule has 1 aromatic rings. The first kappa shape index (κ1) is 20.2. The van der Waals surface area contributed by atoms with Crippen molar-refractivity contribution in [3.05, 3.63) is 47.1 Å². The predicted molar refractivity (Wildman–Crippen MR) is 95.8 cm³/mol. The number of likely N-dealkylation sites (N-methyl/N-ethyl adjacent to an activating group) is 1. The molecule has 0 amide bonds. The Bertz CT molecular complexity index is 828. The highest BCUT2D eigenvalue weighted by molar-refractivity contribution is 5.94. The first-order chi connectivity index (χ1) is 12.9. The number of nitrogens with two attached hydrogens (primary N) is 1. The van der Waals surface area contributed by atoms with Gasteiger partial charge >= 0.3 is 5.97 Å². The summed E-state index contributed by atoms with van der Waals surface area (Å²) in [7, 11) is 1.90. The van der Waals surface area contributed by atoms with Gasteiger partial charge in [-0.05, 0) is 31.7 Å². The third-order valence-electron chi connectivity index (χ3n) is 4.80. The Kier molecular flexibility index (Phi) is 6.06. The highest BCUT2D eigenvalue weighted by Crippen LogP contribution is 2.54. The maximum absolute atomic E-state index is 11.8. The van der Waals surface area contributed by atoms with Crippen molar-refractivity contribution in [2.45, 2.75) is 12.8 Å². The number of carboxylic acids is 1. The van der Waals surface area contributed by atoms with Crippen molar-refractivity contribution in [2.75, 3.05) is 26.7 Å². The van der Waals surface area contributed by atoms with Crippen molar-refractivity contribution in [3.63, 3.8) is 0 Å². The van der Waals surface area contributed by atoms with E-state index in [1.54, 1.807) is 25.1 Å². The third-order valence-corrected chi connectivity index (χ3v) is 4.80. The molecule has 2 unspecified atom stereocenters. The van der Waals surface area contributed by atoms with Crippen LogP contribution in [0.3, 0.4) is 0 Å². The van der Waals surface area contributed by atoms with E-state index in [9.17, 15) is 20.4 Å². The largest absolute Gasteiger partial charge is 0.478 e. The number of carboxylic acid groups (broad SMARTS) is 1. The fourth-order valence-electron chi connectivity index (χ4n) is 3.71. The Morgan fingerprint density at radius 1 is 1.48 bits per heavy atom. The van der Waals surface area contributed by atoms with E-state index < -0.39 is 17.3 Å². The molecular formula is C19H22N4O4. The Hall–Kier alpha value is -3.07. The third kappa shape index (κ3) is 3.33. The lowest BCUT2D eigenvalue weighted by atomic mass is 9.59. The number of fused-ring (bicyclic) bond motifs is 1. The summed E-state index contributed by atoms with van der Waals surface area (Å²) in [6, 6.07) is 7.32. The van der Waals surface area contributed by atoms with Crippen LogP contribution in [0, 0.1) is 34.0 Å². The number of nitrogens with zero attached hydrogens (tertiary/aromatic N) is 3. The summed E-state index contributed by atoms with van der Waals surface area (Å²) in [6.07, 6.45) is 3.27. The monoisotopic (exact) mass is 370 g/mol. The zero-order valence-corrected chi connectivity index (χ0v) is 15.2. The van der Waals surface area contributed by atoms with Gasteiger partial charge in [-0.25, -0.2) is 4.79 Å². The smallest absolute Gasteiger partial charge is 0.337 e. The highest BCUT2D eigenvalue weighted by atomic mass is 16.4. The lowest BCUT2D eigenvalue weighted by Crippen LogP contribution is -2.48. The van der Waals surface area contributed by atoms with E-state index in [1.807, 2.05) is 24.1 Å². The maximum atomic E-state index is 11.8. The first-order valence-electron chi connectivity index (χ1n) is 8.47. The molecule has 0 fully saturated rings. The number of hydrogen-bond donors (Lipinski definition) is 3. The van der Waals surface area contributed by atoms with Crippen LogP contribution in [0.25, 0.3) is 0 Å². The zero-order valence-electron chi connectivity index (χ0n) is 15.2. The highest BCUT2D eigenvalue weighted by Gasteiger charge is 2.56. The van der Waals surface area contributed by atoms with E-state index in [1.165, 1.54) is 6.26 Å². The van der Waals surface area contributed by atoms with Crippen LogP contribution >= 0.6 is 0 Å². The van der Waals surface area contributed by atoms with Crippen molar-refractivity contribution in [1.29, 1.82) is 10.5 Å². The molecule has 0 radical (unpaired) electrons. The molecule has 0 spiro atoms. The molecule has 0 saturated carbocycles. The molecule has 2 heterocycles. The van der Waals surface area contributed by atoms with Gasteiger partial charge in [-0.3, -0.25) is 0 Å². The Balaban J connectivity index is 0.000000817. The standard InChI is InChI=1S/C17H16N4O3.C2H6O/c1-21-5-4-10-11(7-21)14(12-3-2-6-24-12)17(8-18,9-19)15(20)13(10)16(22)23;1-2-3/h2-4,6,11,14H,5,7,20H2,1H3,(H,22,23);3H,2H2,1H3. The number of aliphatic hydroxyl groups excluding tert-OH is 1. The topological polar surface area (TPSA) is 148 Å². The lowest BCUT2D eigenvalue weighted by Gasteiger charge is -2.44. The van der Waals surface area contributed by atoms with Crippen LogP contribution in [0.15, 0.2) is 45.7 Å². The molecule has 1 aliphatic carbocycles. The summed E-state index contributed by atoms with van der Waals surface area (Å²) in [4.78, 5) is 13.8. The van der Waals surface area contributed by atoms with E-state index in [0.29, 0.717) is 24.4 Å². The first-order valence-corrected chi connectivity index (χ1v) is 8.47. The zero-order chi connectivity index (χ0) is 20.2. The van der Waals surface area contributed by atoms with E-state index in [0.717, 1.165) is 0 Å². The van der Waals surface area contributed by atoms with Gasteiger partial charge in [0.15, 0.2) is 5.41 Å². The number of carbonyl (C=O) groups is 1. The van der Waals surface area contributed by atoms with Gasteiger partial charge < -0.3 is 25.3 Å². The van der Waals surface area contributed by atoms with Gasteiger partial charge in [-0.15, -0.1) is 0 Å². The molecule has 8 nitrogen and oxygen atoms in total. The fourth-order valence-corrected chi connectivity index (χ4v) is 3.71. The van der Waals surface area contributed by atoms with Gasteiger partial charge in [0.25, 0.3) is 0 Å². The Morgan fingerprint density at radius 2 is 2.11 bits per heavy atom. The van der Waals surface area contributed by atoms with Crippen LogP contribution in [-0.2, 0) is 4.79 Å². The molecule has 3 rings (SSSR count). The number of aliphatic hydroxyl groups is 1. The average molecular weight is 370 g/mol. The van der Waals surface area contributed by atoms with E-state index in [4.69, 9.17) is 15.3 Å². The molecule has 0 bridgehead atoms. The molecule has 1 aliphatic heterocycles. The minimum Gasteiger partial charge on any atom is -0.478 e. The van der Waals surface area contributed by atoms with Gasteiger partial charge in [0.2, 0.25) is 0 Å². The molecular weight excluding hydrogens is 348 g/mol. The Labute approximate surface area is 157 Å². The quantitative estimate of drug-likeness (QED) is 0.703. The maximum Gasteiger partial charge on any atom is 0.337 e. The number of hydrogen-bond acceptors (Lipinski definition) is 7. The second-order valence-corrected chi connectivity index (χ2v) is 6.42. The minimum absolute atomic E-state index is 0.126. The summed E-state index contributed by atoms with van der Waals surface area (Å²) >= 11 is 0. The summed E-state index contributed by atoms with van der Waals surface area (Å²) < 4.78 is 5.49. The van der Waals surface area contributed by atoms with Crippen molar-refractivity contribution in [3.8, 4) is 12.1 Å². The Morgan fingerprint density at radius 3 is 2.59 bits per heavy atom. The van der Waals surface area contributed by atoms with Crippen LogP contribution in [0.5, 0.6) is 0 Å². The summed E-state index contributed by atoms with van der Waals surface area (Å²) in [5.74, 6) is -1.80. The van der Waals surface area contributed by atoms with Crippen LogP contribution in [0.1, 0.15) is 18.6 Å². The van der Waals surface area contributed by atoms with Crippen LogP contribution < -0.4 is 5.73 Å². The van der Waals surface area contributed by atoms with E-state index >= 15 is 0 Å². The number of aliphatic carboxylic acids is 1. The second kappa shape index (κ2) is 8.09. The average Bonchev–Trinajstić information content (AvgIpc) is 3.15. The number of nitriles is 2. The van der Waals surface area contributed by atoms with Gasteiger partial charge in [0.05, 0.1) is 35.6 Å². The molecule has 142 valence electrons. The van der Waals surface area contributed by atoms with E-state index in [2.05, 4.69) is 0 Å². The lowest BCUT2D eigenvalue weighted by molar-refractivity contribution is -0.132. The van der Waals surface area contributed by atoms with Crippen LogP contribution in [0.2, 0.25) is 0 Å². The number of allylic oxidation sites excluding steroid dienone is 1. The van der Waals surface area contributed by atoms with Gasteiger partial charge in [0, 0.05) is 25.6 Å². The molecule has 4 N–H and O–H groups in total. The number of rotatable bonds is 2. The summed E-state index contributed by atoms with van der Waals surface area (Å²) in [5.41, 5.74) is 4.52. The molecule has 8 heteroatoms. The van der Waals surface area contributed by atoms with Crippen molar-refractivity contribution in [1.82, 2.24) is 4.90 Å². The second-order valence-electron chi connectivity index (χ2n) is 6.42. The SMILES string of the molecule is CCO.CN1CC=C2C(C(=O)O)=C(N)C(C#N)(C#N)C(c3ccco3)C2C1. The molecule has 2 atom stereocenters. The van der Waals surface area contributed by atoms with Crippen LogP contribution in [-0.4, -0.2) is 47.8 Å². The molecule has 2 aliphatic rings. The van der Waals surface area contributed by atoms with Gasteiger partial charge in [0.1, 0.15) is 5.76 Å². The van der Waals surface area contributed by atoms with Crippen LogP contribution in [0.4, 0.5) is 0 Å². The number of furan rings is 1. The molecule has 27 heavy (non-hydrogen) atoms. The van der Waals surface area contributed by atoms with E-state index in [-0.39, 0.29) is 23.8 Å². The summed E-state index contributed by atoms with van der Waals surface area (Å²) in [6.45, 7) is 3.01. The minimum atomic E-state index is -1.79. The van der Waals surface area contributed by atoms with Crippen molar-refractivity contribution >= 4 is 5.97 Å². The van der Waals surface area contributed by atoms with Gasteiger partial charge in [-0.1, -0.05) is 6.08 Å². The van der Waals surface area contributed by atoms with Gasteiger partial charge in [-0.2, -0.15) is 10.5 Å². The van der Waals surface area contributed by atoms with Crippen molar-refractivity contribution in [2.24, 2.45) is 17.1 Å². The van der Waals surface area contributed by atoms with Crippen molar-refractivity contribution < 1.29 is 19.4 Å².